The third-order valence-electron chi connectivity index (χ3n) is 4.36. The highest BCUT2D eigenvalue weighted by Gasteiger charge is 2.48. The van der Waals surface area contributed by atoms with Crippen LogP contribution in [0.3, 0.4) is 0 Å². The van der Waals surface area contributed by atoms with Gasteiger partial charge in [0.25, 0.3) is 0 Å². The van der Waals surface area contributed by atoms with E-state index in [1.165, 1.54) is 6.26 Å². The zero-order valence-electron chi connectivity index (χ0n) is 14.3. The fraction of sp³-hybridized carbons (Fsp3) is 0.444. The molecule has 4 N–H and O–H groups in total. The Morgan fingerprint density at radius 3 is 2.59 bits per heavy atom. The number of ether oxygens (including phenoxy) is 2. The van der Waals surface area contributed by atoms with E-state index in [0.717, 1.165) is 5.69 Å². The van der Waals surface area contributed by atoms with Crippen LogP contribution in [0.4, 0.5) is 0 Å². The number of hydrogen-bond acceptors (Lipinski definition) is 8. The summed E-state index contributed by atoms with van der Waals surface area (Å²) in [5, 5.41) is 39.0. The Hall–Kier alpha value is -2.30. The first kappa shape index (κ1) is 19.5. The van der Waals surface area contributed by atoms with E-state index in [4.69, 9.17) is 19.0 Å². The topological polar surface area (TPSA) is 142 Å². The largest absolute Gasteiger partial charge is 0.479 e. The molecule has 1 aliphatic heterocycles. The lowest BCUT2D eigenvalue weighted by molar-refractivity contribution is -0.307. The lowest BCUT2D eigenvalue weighted by Gasteiger charge is -2.39. The molecule has 0 aromatic carbocycles. The van der Waals surface area contributed by atoms with Gasteiger partial charge in [0.2, 0.25) is 0 Å². The van der Waals surface area contributed by atoms with Crippen molar-refractivity contribution in [2.24, 2.45) is 0 Å². The van der Waals surface area contributed by atoms with E-state index in [9.17, 15) is 20.1 Å². The second kappa shape index (κ2) is 8.59. The van der Waals surface area contributed by atoms with Crippen LogP contribution in [0.5, 0.6) is 0 Å². The molecule has 9 heteroatoms. The molecule has 6 atom stereocenters. The predicted octanol–water partition coefficient (Wildman–Crippen LogP) is 0.257. The van der Waals surface area contributed by atoms with Gasteiger partial charge in [-0.1, -0.05) is 6.07 Å². The molecule has 2 aromatic rings. The van der Waals surface area contributed by atoms with Crippen molar-refractivity contribution in [1.29, 1.82) is 0 Å². The van der Waals surface area contributed by atoms with Gasteiger partial charge in [0, 0.05) is 11.9 Å². The highest BCUT2D eigenvalue weighted by atomic mass is 16.7. The molecule has 3 heterocycles. The normalized spacial score (nSPS) is 29.4. The molecule has 0 saturated carbocycles. The highest BCUT2D eigenvalue weighted by Crippen LogP contribution is 2.30. The van der Waals surface area contributed by atoms with Crippen LogP contribution >= 0.6 is 0 Å². The van der Waals surface area contributed by atoms with E-state index in [1.54, 1.807) is 24.4 Å². The number of aliphatic hydroxyl groups excluding tert-OH is 3. The molecule has 0 radical (unpaired) electrons. The Bertz CT molecular complexity index is 722. The van der Waals surface area contributed by atoms with Gasteiger partial charge in [0.1, 0.15) is 30.2 Å². The van der Waals surface area contributed by atoms with E-state index < -0.39 is 42.8 Å². The molecule has 2 aromatic heterocycles. The van der Waals surface area contributed by atoms with Gasteiger partial charge in [0.05, 0.1) is 6.26 Å². The Morgan fingerprint density at radius 2 is 1.96 bits per heavy atom. The highest BCUT2D eigenvalue weighted by molar-refractivity contribution is 5.73. The van der Waals surface area contributed by atoms with E-state index in [1.807, 2.05) is 12.1 Å². The number of aryl methyl sites for hydroxylation is 1. The van der Waals surface area contributed by atoms with E-state index in [2.05, 4.69) is 4.98 Å². The first-order chi connectivity index (χ1) is 13.0. The summed E-state index contributed by atoms with van der Waals surface area (Å²) in [6, 6.07) is 8.86. The Labute approximate surface area is 154 Å². The predicted molar refractivity (Wildman–Crippen MR) is 89.4 cm³/mol. The Balaban J connectivity index is 1.73. The minimum atomic E-state index is -1.77. The van der Waals surface area contributed by atoms with Crippen LogP contribution in [0, 0.1) is 0 Å². The minimum Gasteiger partial charge on any atom is -0.479 e. The number of nitrogens with zero attached hydrogens (tertiary/aromatic N) is 1. The summed E-state index contributed by atoms with van der Waals surface area (Å²) < 4.78 is 16.3. The van der Waals surface area contributed by atoms with Crippen molar-refractivity contribution in [2.45, 2.75) is 49.7 Å². The van der Waals surface area contributed by atoms with Crippen LogP contribution in [0.25, 0.3) is 0 Å². The maximum Gasteiger partial charge on any atom is 0.335 e. The fourth-order valence-corrected chi connectivity index (χ4v) is 2.90. The molecule has 0 spiro atoms. The third-order valence-corrected chi connectivity index (χ3v) is 4.36. The summed E-state index contributed by atoms with van der Waals surface area (Å²) in [6.07, 6.45) is -4.90. The number of carbonyl (C=O) groups is 1. The summed E-state index contributed by atoms with van der Waals surface area (Å²) in [5.41, 5.74) is 0.821. The van der Waals surface area contributed by atoms with Crippen molar-refractivity contribution in [3.63, 3.8) is 0 Å². The summed E-state index contributed by atoms with van der Waals surface area (Å²) >= 11 is 0. The first-order valence-electron chi connectivity index (χ1n) is 8.48. The van der Waals surface area contributed by atoms with Crippen molar-refractivity contribution in [2.75, 3.05) is 0 Å². The Kier molecular flexibility index (Phi) is 6.19. The zero-order chi connectivity index (χ0) is 19.4. The quantitative estimate of drug-likeness (QED) is 0.532. The second-order valence-corrected chi connectivity index (χ2v) is 6.23. The monoisotopic (exact) mass is 379 g/mol. The third kappa shape index (κ3) is 4.52. The minimum absolute atomic E-state index is 0.410. The molecule has 1 fully saturated rings. The molecule has 1 saturated heterocycles. The molecule has 9 nitrogen and oxygen atoms in total. The summed E-state index contributed by atoms with van der Waals surface area (Å²) in [6.45, 7) is 0. The number of aromatic nitrogens is 1. The molecular formula is C18H21NO8. The molecule has 1 aliphatic rings. The fourth-order valence-electron chi connectivity index (χ4n) is 2.90. The van der Waals surface area contributed by atoms with Crippen LogP contribution in [0.2, 0.25) is 0 Å². The molecule has 0 amide bonds. The average Bonchev–Trinajstić information content (AvgIpc) is 3.20. The lowest BCUT2D eigenvalue weighted by atomic mass is 9.99. The van der Waals surface area contributed by atoms with E-state index in [-0.39, 0.29) is 0 Å². The number of furan rings is 1. The van der Waals surface area contributed by atoms with Gasteiger partial charge in [-0.15, -0.1) is 0 Å². The number of aliphatic carboxylic acids is 1. The standard InChI is InChI=1S/C18H21NO8/c20-13-14(21)16(17(23)24)27-18(15(13)22)26-12(11-5-3-9-25-11)7-6-10-4-1-2-8-19-10/h1-5,8-9,12-16,18,20-22H,6-7H2,(H,23,24)/t12?,13-,14-,15+,16-,18+/m0/s1. The molecule has 0 bridgehead atoms. The molecular weight excluding hydrogens is 358 g/mol. The molecule has 3 rings (SSSR count). The number of aliphatic hydroxyl groups is 3. The number of rotatable bonds is 7. The van der Waals surface area contributed by atoms with Gasteiger partial charge in [-0.2, -0.15) is 0 Å². The van der Waals surface area contributed by atoms with Gasteiger partial charge in [-0.25, -0.2) is 4.79 Å². The van der Waals surface area contributed by atoms with Crippen molar-refractivity contribution in [3.8, 4) is 0 Å². The molecule has 1 unspecified atom stereocenters. The van der Waals surface area contributed by atoms with Crippen molar-refractivity contribution in [1.82, 2.24) is 4.98 Å². The summed E-state index contributed by atoms with van der Waals surface area (Å²) in [7, 11) is 0. The summed E-state index contributed by atoms with van der Waals surface area (Å²) in [4.78, 5) is 15.5. The molecule has 146 valence electrons. The SMILES string of the molecule is O=C(O)[C@H]1O[C@@H](OC(CCc2ccccn2)c2ccco2)[C@H](O)[C@@H](O)[C@@H]1O. The number of hydrogen-bond donors (Lipinski definition) is 4. The Morgan fingerprint density at radius 1 is 1.15 bits per heavy atom. The van der Waals surface area contributed by atoms with Crippen molar-refractivity contribution in [3.05, 3.63) is 54.2 Å². The first-order valence-corrected chi connectivity index (χ1v) is 8.48. The number of pyridine rings is 1. The second-order valence-electron chi connectivity index (χ2n) is 6.23. The average molecular weight is 379 g/mol. The van der Waals surface area contributed by atoms with Crippen molar-refractivity contribution < 1.29 is 39.1 Å². The van der Waals surface area contributed by atoms with Crippen LogP contribution < -0.4 is 0 Å². The van der Waals surface area contributed by atoms with Gasteiger partial charge >= 0.3 is 5.97 Å². The maximum absolute atomic E-state index is 11.2. The zero-order valence-corrected chi connectivity index (χ0v) is 14.3. The van der Waals surface area contributed by atoms with Gasteiger partial charge in [-0.3, -0.25) is 4.98 Å². The van der Waals surface area contributed by atoms with Crippen LogP contribution in [-0.4, -0.2) is 62.1 Å². The van der Waals surface area contributed by atoms with Crippen LogP contribution in [-0.2, 0) is 20.7 Å². The van der Waals surface area contributed by atoms with Gasteiger partial charge < -0.3 is 34.3 Å². The summed E-state index contributed by atoms with van der Waals surface area (Å²) in [5.74, 6) is -1.01. The molecule has 0 aliphatic carbocycles. The number of carboxylic acids is 1. The molecule has 27 heavy (non-hydrogen) atoms. The van der Waals surface area contributed by atoms with Gasteiger partial charge in [0.15, 0.2) is 12.4 Å². The smallest absolute Gasteiger partial charge is 0.335 e. The van der Waals surface area contributed by atoms with Crippen LogP contribution in [0.15, 0.2) is 47.2 Å². The van der Waals surface area contributed by atoms with Crippen LogP contribution in [0.1, 0.15) is 24.0 Å². The van der Waals surface area contributed by atoms with E-state index in [0.29, 0.717) is 18.6 Å². The lowest BCUT2D eigenvalue weighted by Crippen LogP contribution is -2.60. The van der Waals surface area contributed by atoms with Gasteiger partial charge in [-0.05, 0) is 37.1 Å². The maximum atomic E-state index is 11.2. The number of carboxylic acid groups (broad SMARTS) is 1. The van der Waals surface area contributed by atoms with Crippen molar-refractivity contribution >= 4 is 5.97 Å². The van der Waals surface area contributed by atoms with E-state index >= 15 is 0 Å².